The van der Waals surface area contributed by atoms with Gasteiger partial charge in [0.25, 0.3) is 0 Å². The molecule has 0 aromatic heterocycles. The Hall–Kier alpha value is -1.35. The van der Waals surface area contributed by atoms with Crippen molar-refractivity contribution < 1.29 is 9.31 Å². The fraction of sp³-hybridized carbons (Fsp3) is 0.462. The number of nitrogens with zero attached hydrogens (tertiary/aromatic N) is 2. The molecule has 0 bridgehead atoms. The zero-order valence-corrected chi connectivity index (χ0v) is 10.8. The van der Waals surface area contributed by atoms with Crippen LogP contribution in [0, 0.1) is 11.3 Å². The van der Waals surface area contributed by atoms with Crippen LogP contribution in [0.1, 0.15) is 17.5 Å². The fourth-order valence-electron chi connectivity index (χ4n) is 1.98. The fourth-order valence-corrected chi connectivity index (χ4v) is 1.98. The lowest BCUT2D eigenvalue weighted by Gasteiger charge is -2.11. The van der Waals surface area contributed by atoms with Crippen LogP contribution in [0.15, 0.2) is 18.2 Å². The summed E-state index contributed by atoms with van der Waals surface area (Å²) < 4.78 is 11.3. The quantitative estimate of drug-likeness (QED) is 0.566. The summed E-state index contributed by atoms with van der Waals surface area (Å²) in [6, 6.07) is 7.76. The van der Waals surface area contributed by atoms with Crippen LogP contribution < -0.4 is 5.46 Å². The van der Waals surface area contributed by atoms with Crippen molar-refractivity contribution in [3.63, 3.8) is 0 Å². The molecule has 5 heteroatoms. The summed E-state index contributed by atoms with van der Waals surface area (Å²) in [4.78, 5) is 2.13. The van der Waals surface area contributed by atoms with E-state index in [1.165, 1.54) is 0 Å². The van der Waals surface area contributed by atoms with Gasteiger partial charge in [0.2, 0.25) is 0 Å². The highest BCUT2D eigenvalue weighted by molar-refractivity contribution is 6.62. The maximum Gasteiger partial charge on any atom is 0.494 e. The van der Waals surface area contributed by atoms with Crippen LogP contribution in [0.4, 0.5) is 0 Å². The van der Waals surface area contributed by atoms with Gasteiger partial charge in [-0.05, 0) is 50.2 Å². The van der Waals surface area contributed by atoms with E-state index in [9.17, 15) is 0 Å². The van der Waals surface area contributed by atoms with E-state index >= 15 is 0 Å². The lowest BCUT2D eigenvalue weighted by Crippen LogP contribution is -2.33. The molecular weight excluding hydrogens is 227 g/mol. The Bertz CT molecular complexity index is 457. The third kappa shape index (κ3) is 3.11. The predicted octanol–water partition coefficient (Wildman–Crippen LogP) is 0.752. The number of rotatable bonds is 5. The van der Waals surface area contributed by atoms with Crippen LogP contribution >= 0.6 is 0 Å². The molecule has 1 heterocycles. The maximum atomic E-state index is 8.89. The van der Waals surface area contributed by atoms with Crippen molar-refractivity contribution in [3.05, 3.63) is 29.3 Å². The van der Waals surface area contributed by atoms with Crippen molar-refractivity contribution in [2.45, 2.75) is 13.0 Å². The maximum absolute atomic E-state index is 8.89. The van der Waals surface area contributed by atoms with Crippen LogP contribution in [0.2, 0.25) is 0 Å². The summed E-state index contributed by atoms with van der Waals surface area (Å²) >= 11 is 0. The van der Waals surface area contributed by atoms with Crippen LogP contribution in [0.25, 0.3) is 0 Å². The Kier molecular flexibility index (Phi) is 4.37. The Balaban J connectivity index is 1.92. The molecule has 0 saturated heterocycles. The van der Waals surface area contributed by atoms with Crippen molar-refractivity contribution in [2.75, 3.05) is 27.2 Å². The molecule has 1 aliphatic heterocycles. The molecule has 1 aliphatic rings. The minimum Gasteiger partial charge on any atom is -0.407 e. The molecule has 94 valence electrons. The lowest BCUT2D eigenvalue weighted by molar-refractivity contribution is 0.202. The van der Waals surface area contributed by atoms with E-state index in [2.05, 4.69) is 11.0 Å². The van der Waals surface area contributed by atoms with E-state index in [0.717, 1.165) is 24.0 Å². The van der Waals surface area contributed by atoms with E-state index in [-0.39, 0.29) is 7.12 Å². The molecule has 0 spiro atoms. The molecule has 0 radical (unpaired) electrons. The van der Waals surface area contributed by atoms with Crippen molar-refractivity contribution in [1.82, 2.24) is 4.90 Å². The molecule has 1 aromatic rings. The predicted molar refractivity (Wildman–Crippen MR) is 70.5 cm³/mol. The summed E-state index contributed by atoms with van der Waals surface area (Å²) in [5.41, 5.74) is 2.77. The van der Waals surface area contributed by atoms with Gasteiger partial charge in [-0.3, -0.25) is 0 Å². The highest BCUT2D eigenvalue weighted by Gasteiger charge is 2.30. The van der Waals surface area contributed by atoms with Gasteiger partial charge >= 0.3 is 7.12 Å². The van der Waals surface area contributed by atoms with Gasteiger partial charge in [-0.1, -0.05) is 6.07 Å². The number of hydrogen-bond acceptors (Lipinski definition) is 4. The first-order valence-corrected chi connectivity index (χ1v) is 6.11. The molecule has 1 aromatic carbocycles. The van der Waals surface area contributed by atoms with Gasteiger partial charge in [-0.15, -0.1) is 0 Å². The van der Waals surface area contributed by atoms with Gasteiger partial charge in [0.1, 0.15) is 0 Å². The molecule has 0 amide bonds. The highest BCUT2D eigenvalue weighted by atomic mass is 16.6. The van der Waals surface area contributed by atoms with Crippen LogP contribution in [0.3, 0.4) is 0 Å². The van der Waals surface area contributed by atoms with Crippen LogP contribution in [0.5, 0.6) is 0 Å². The van der Waals surface area contributed by atoms with Gasteiger partial charge in [-0.25, -0.2) is 0 Å². The summed E-state index contributed by atoms with van der Waals surface area (Å²) in [7, 11) is 3.77. The van der Waals surface area contributed by atoms with Crippen molar-refractivity contribution >= 4 is 12.6 Å². The summed E-state index contributed by atoms with van der Waals surface area (Å²) in [5.74, 6) is 0. The molecule has 0 atom stereocenters. The van der Waals surface area contributed by atoms with E-state index in [1.807, 2.05) is 32.3 Å². The zero-order valence-electron chi connectivity index (χ0n) is 10.8. The monoisotopic (exact) mass is 244 g/mol. The van der Waals surface area contributed by atoms with Gasteiger partial charge in [0.15, 0.2) is 0 Å². The molecule has 0 unspecified atom stereocenters. The summed E-state index contributed by atoms with van der Waals surface area (Å²) in [5, 5.41) is 8.89. The van der Waals surface area contributed by atoms with Gasteiger partial charge < -0.3 is 14.2 Å². The second-order valence-electron chi connectivity index (χ2n) is 4.70. The normalized spacial score (nSPS) is 13.8. The second kappa shape index (κ2) is 6.01. The number of fused-ring (bicyclic) bond motifs is 1. The van der Waals surface area contributed by atoms with Crippen molar-refractivity contribution in [3.8, 4) is 6.07 Å². The topological polar surface area (TPSA) is 45.5 Å². The molecular formula is C13H17BN2O2. The molecule has 0 aliphatic carbocycles. The average Bonchev–Trinajstić information content (AvgIpc) is 2.76. The van der Waals surface area contributed by atoms with Crippen molar-refractivity contribution in [2.24, 2.45) is 0 Å². The Morgan fingerprint density at radius 1 is 1.50 bits per heavy atom. The Morgan fingerprint density at radius 2 is 2.33 bits per heavy atom. The van der Waals surface area contributed by atoms with Gasteiger partial charge in [-0.2, -0.15) is 5.26 Å². The third-order valence-electron chi connectivity index (χ3n) is 2.94. The second-order valence-corrected chi connectivity index (χ2v) is 4.70. The number of nitriles is 1. The Morgan fingerprint density at radius 3 is 3.06 bits per heavy atom. The third-order valence-corrected chi connectivity index (χ3v) is 2.94. The minimum atomic E-state index is -0.310. The molecule has 0 N–H and O–H groups in total. The molecule has 2 rings (SSSR count). The molecule has 4 nitrogen and oxygen atoms in total. The SMILES string of the molecule is CN(C)CCCOB1OCc2ccc(C#N)cc21. The zero-order chi connectivity index (χ0) is 13.0. The van der Waals surface area contributed by atoms with E-state index < -0.39 is 0 Å². The average molecular weight is 244 g/mol. The summed E-state index contributed by atoms with van der Waals surface area (Å²) in [6.07, 6.45) is 0.972. The van der Waals surface area contributed by atoms with Crippen LogP contribution in [-0.2, 0) is 15.9 Å². The van der Waals surface area contributed by atoms with Gasteiger partial charge in [0, 0.05) is 6.61 Å². The smallest absolute Gasteiger partial charge is 0.407 e. The molecule has 0 saturated carbocycles. The largest absolute Gasteiger partial charge is 0.494 e. The van der Waals surface area contributed by atoms with Gasteiger partial charge in [0.05, 0.1) is 18.2 Å². The molecule has 0 fully saturated rings. The van der Waals surface area contributed by atoms with E-state index in [0.29, 0.717) is 18.8 Å². The van der Waals surface area contributed by atoms with Crippen molar-refractivity contribution in [1.29, 1.82) is 5.26 Å². The van der Waals surface area contributed by atoms with Crippen LogP contribution in [-0.4, -0.2) is 39.3 Å². The Labute approximate surface area is 108 Å². The first-order chi connectivity index (χ1) is 8.70. The lowest BCUT2D eigenvalue weighted by atomic mass is 9.78. The highest BCUT2D eigenvalue weighted by Crippen LogP contribution is 2.13. The number of hydrogen-bond donors (Lipinski definition) is 0. The first-order valence-electron chi connectivity index (χ1n) is 6.11. The summed E-state index contributed by atoms with van der Waals surface area (Å²) in [6.45, 7) is 2.23. The first kappa shape index (κ1) is 13.1. The van der Waals surface area contributed by atoms with E-state index in [4.69, 9.17) is 14.6 Å². The standard InChI is InChI=1S/C13H17BN2O2/c1-16(2)6-3-7-17-14-13-8-11(9-15)4-5-12(13)10-18-14/h4-5,8H,3,6-7,10H2,1-2H3. The molecule has 18 heavy (non-hydrogen) atoms. The number of benzene rings is 1. The van der Waals surface area contributed by atoms with E-state index in [1.54, 1.807) is 0 Å². The minimum absolute atomic E-state index is 0.310.